The first-order valence-corrected chi connectivity index (χ1v) is 33.1. The molecule has 0 amide bonds. The zero-order valence-corrected chi connectivity index (χ0v) is 50.3. The Morgan fingerprint density at radius 2 is 0.520 bits per heavy atom. The molecular formula is C69H126O6. The molecule has 1 unspecified atom stereocenters. The maximum absolute atomic E-state index is 12.8. The van der Waals surface area contributed by atoms with Gasteiger partial charge in [0.15, 0.2) is 6.10 Å². The van der Waals surface area contributed by atoms with Crippen LogP contribution in [0.3, 0.4) is 0 Å². The van der Waals surface area contributed by atoms with Gasteiger partial charge in [-0.1, -0.05) is 307 Å². The summed E-state index contributed by atoms with van der Waals surface area (Å²) in [6.45, 7) is 6.53. The second-order valence-corrected chi connectivity index (χ2v) is 22.4. The highest BCUT2D eigenvalue weighted by atomic mass is 16.6. The van der Waals surface area contributed by atoms with E-state index >= 15 is 0 Å². The quantitative estimate of drug-likeness (QED) is 0.0261. The van der Waals surface area contributed by atoms with Gasteiger partial charge in [-0.2, -0.15) is 0 Å². The highest BCUT2D eigenvalue weighted by Crippen LogP contribution is 2.18. The molecule has 1 atom stereocenters. The average molecular weight is 1050 g/mol. The summed E-state index contributed by atoms with van der Waals surface area (Å²) in [5, 5.41) is 0. The topological polar surface area (TPSA) is 78.9 Å². The van der Waals surface area contributed by atoms with Crippen molar-refractivity contribution in [1.82, 2.24) is 0 Å². The van der Waals surface area contributed by atoms with E-state index in [2.05, 4.69) is 69.4 Å². The van der Waals surface area contributed by atoms with Gasteiger partial charge in [0.25, 0.3) is 0 Å². The zero-order chi connectivity index (χ0) is 54.3. The molecule has 0 aliphatic rings. The van der Waals surface area contributed by atoms with Crippen LogP contribution in [0, 0.1) is 0 Å². The molecule has 0 aliphatic heterocycles. The molecule has 0 aliphatic carbocycles. The fraction of sp³-hybridized carbons (Fsp3) is 0.841. The number of hydrogen-bond donors (Lipinski definition) is 0. The first-order chi connectivity index (χ1) is 37.0. The minimum atomic E-state index is -0.790. The van der Waals surface area contributed by atoms with Crippen LogP contribution >= 0.6 is 0 Å². The van der Waals surface area contributed by atoms with E-state index in [-0.39, 0.29) is 31.1 Å². The van der Waals surface area contributed by atoms with E-state index in [0.29, 0.717) is 19.3 Å². The summed E-state index contributed by atoms with van der Waals surface area (Å²) in [4.78, 5) is 38.2. The lowest BCUT2D eigenvalue weighted by Gasteiger charge is -2.18. The smallest absolute Gasteiger partial charge is 0.306 e. The summed E-state index contributed by atoms with van der Waals surface area (Å²) in [5.41, 5.74) is 0. The fourth-order valence-corrected chi connectivity index (χ4v) is 9.87. The summed E-state index contributed by atoms with van der Waals surface area (Å²) in [5.74, 6) is -0.906. The molecule has 0 aromatic heterocycles. The predicted octanol–water partition coefficient (Wildman–Crippen LogP) is 22.6. The van der Waals surface area contributed by atoms with Crippen molar-refractivity contribution in [3.05, 3.63) is 48.6 Å². The van der Waals surface area contributed by atoms with E-state index in [9.17, 15) is 14.4 Å². The number of carbonyl (C=O) groups is 3. The molecule has 438 valence electrons. The number of esters is 3. The molecule has 0 spiro atoms. The largest absolute Gasteiger partial charge is 0.462 e. The van der Waals surface area contributed by atoms with Crippen LogP contribution in [0.25, 0.3) is 0 Å². The number of rotatable bonds is 61. The van der Waals surface area contributed by atoms with Crippen molar-refractivity contribution in [2.75, 3.05) is 13.2 Å². The first-order valence-electron chi connectivity index (χ1n) is 33.1. The Bertz CT molecular complexity index is 1300. The van der Waals surface area contributed by atoms with Crippen molar-refractivity contribution in [1.29, 1.82) is 0 Å². The Balaban J connectivity index is 4.09. The number of hydrogen-bond acceptors (Lipinski definition) is 6. The lowest BCUT2D eigenvalue weighted by Crippen LogP contribution is -2.30. The van der Waals surface area contributed by atoms with Crippen molar-refractivity contribution < 1.29 is 28.6 Å². The second-order valence-electron chi connectivity index (χ2n) is 22.4. The molecule has 0 radical (unpaired) electrons. The summed E-state index contributed by atoms with van der Waals surface area (Å²) in [6.07, 6.45) is 80.2. The van der Waals surface area contributed by atoms with E-state index in [0.717, 1.165) is 89.9 Å². The first kappa shape index (κ1) is 72.4. The van der Waals surface area contributed by atoms with Crippen molar-refractivity contribution in [3.63, 3.8) is 0 Å². The second kappa shape index (κ2) is 63.9. The summed E-state index contributed by atoms with van der Waals surface area (Å²) in [7, 11) is 0. The molecule has 0 aromatic rings. The molecule has 0 bridgehead atoms. The van der Waals surface area contributed by atoms with Gasteiger partial charge in [-0.3, -0.25) is 14.4 Å². The van der Waals surface area contributed by atoms with Gasteiger partial charge in [-0.05, 0) is 77.0 Å². The molecule has 6 heteroatoms. The van der Waals surface area contributed by atoms with Gasteiger partial charge in [-0.15, -0.1) is 0 Å². The fourth-order valence-electron chi connectivity index (χ4n) is 9.87. The van der Waals surface area contributed by atoms with E-state index < -0.39 is 6.10 Å². The van der Waals surface area contributed by atoms with Crippen LogP contribution in [-0.2, 0) is 28.6 Å². The molecule has 0 saturated heterocycles. The molecule has 0 saturated carbocycles. The number of carbonyl (C=O) groups excluding carboxylic acids is 3. The van der Waals surface area contributed by atoms with Gasteiger partial charge in [-0.25, -0.2) is 0 Å². The highest BCUT2D eigenvalue weighted by Gasteiger charge is 2.19. The SMILES string of the molecule is CC/C=C\C/C=C\C/C=C\CCCCCC(=O)OC(COC(=O)CCCCCCC/C=C\CCCCCC)COC(=O)CCCCCCCCCCCCCCCCCCCCCCCCCCCCCCCCC. The standard InChI is InChI=1S/C69H126O6/c1-4-7-10-13-16-19-22-25-26-27-28-29-30-31-32-33-34-35-36-37-38-39-40-41-42-45-47-50-53-56-59-62-68(71)74-65-66(75-69(72)63-60-57-54-51-48-44-24-21-18-15-12-9-6-3)64-73-67(70)61-58-55-52-49-46-43-23-20-17-14-11-8-5-2/h9,12,18,20-21,23,44,48,66H,4-8,10-11,13-17,19,22,24-43,45-47,49-65H2,1-3H3/b12-9-,21-18-,23-20-,48-44-. The van der Waals surface area contributed by atoms with Crippen molar-refractivity contribution in [2.24, 2.45) is 0 Å². The third-order valence-corrected chi connectivity index (χ3v) is 14.8. The van der Waals surface area contributed by atoms with Crippen LogP contribution in [0.1, 0.15) is 355 Å². The Labute approximate surface area is 467 Å². The molecule has 75 heavy (non-hydrogen) atoms. The maximum atomic E-state index is 12.8. The van der Waals surface area contributed by atoms with Gasteiger partial charge in [0.05, 0.1) is 0 Å². The average Bonchev–Trinajstić information content (AvgIpc) is 3.41. The highest BCUT2D eigenvalue weighted by molar-refractivity contribution is 5.71. The molecule has 6 nitrogen and oxygen atoms in total. The Hall–Kier alpha value is -2.63. The van der Waals surface area contributed by atoms with Gasteiger partial charge in [0.2, 0.25) is 0 Å². The van der Waals surface area contributed by atoms with E-state index in [1.54, 1.807) is 0 Å². The minimum Gasteiger partial charge on any atom is -0.462 e. The third-order valence-electron chi connectivity index (χ3n) is 14.8. The van der Waals surface area contributed by atoms with Crippen LogP contribution in [0.2, 0.25) is 0 Å². The molecule has 0 heterocycles. The lowest BCUT2D eigenvalue weighted by molar-refractivity contribution is -0.167. The Kier molecular flexibility index (Phi) is 61.7. The van der Waals surface area contributed by atoms with Gasteiger partial charge < -0.3 is 14.2 Å². The van der Waals surface area contributed by atoms with Crippen molar-refractivity contribution in [2.45, 2.75) is 361 Å². The summed E-state index contributed by atoms with van der Waals surface area (Å²) >= 11 is 0. The number of allylic oxidation sites excluding steroid dienone is 8. The molecule has 0 fully saturated rings. The van der Waals surface area contributed by atoms with Crippen molar-refractivity contribution in [3.8, 4) is 0 Å². The van der Waals surface area contributed by atoms with Gasteiger partial charge >= 0.3 is 17.9 Å². The maximum Gasteiger partial charge on any atom is 0.306 e. The van der Waals surface area contributed by atoms with Gasteiger partial charge in [0, 0.05) is 19.3 Å². The normalized spacial score (nSPS) is 12.3. The summed E-state index contributed by atoms with van der Waals surface area (Å²) in [6, 6.07) is 0. The molecule has 0 N–H and O–H groups in total. The van der Waals surface area contributed by atoms with Crippen LogP contribution in [-0.4, -0.2) is 37.2 Å². The van der Waals surface area contributed by atoms with E-state index in [1.165, 1.54) is 225 Å². The Morgan fingerprint density at radius 1 is 0.280 bits per heavy atom. The van der Waals surface area contributed by atoms with Crippen LogP contribution in [0.4, 0.5) is 0 Å². The predicted molar refractivity (Wildman–Crippen MR) is 325 cm³/mol. The summed E-state index contributed by atoms with van der Waals surface area (Å²) < 4.78 is 16.9. The number of unbranched alkanes of at least 4 members (excludes halogenated alkanes) is 42. The van der Waals surface area contributed by atoms with E-state index in [4.69, 9.17) is 14.2 Å². The van der Waals surface area contributed by atoms with Crippen molar-refractivity contribution >= 4 is 17.9 Å². The molecule has 0 rings (SSSR count). The third kappa shape index (κ3) is 62.1. The molecular weight excluding hydrogens is 925 g/mol. The molecule has 0 aromatic carbocycles. The van der Waals surface area contributed by atoms with Crippen LogP contribution < -0.4 is 0 Å². The number of ether oxygens (including phenoxy) is 3. The minimum absolute atomic E-state index is 0.0845. The van der Waals surface area contributed by atoms with Gasteiger partial charge in [0.1, 0.15) is 13.2 Å². The van der Waals surface area contributed by atoms with Crippen LogP contribution in [0.5, 0.6) is 0 Å². The lowest BCUT2D eigenvalue weighted by atomic mass is 10.0. The monoisotopic (exact) mass is 1050 g/mol. The zero-order valence-electron chi connectivity index (χ0n) is 50.3. The van der Waals surface area contributed by atoms with E-state index in [1.807, 2.05) is 0 Å². The van der Waals surface area contributed by atoms with Crippen LogP contribution in [0.15, 0.2) is 48.6 Å². The Morgan fingerprint density at radius 3 is 0.853 bits per heavy atom.